The molecule has 1 aromatic carbocycles. The van der Waals surface area contributed by atoms with Gasteiger partial charge in [-0.15, -0.1) is 11.3 Å². The van der Waals surface area contributed by atoms with E-state index in [2.05, 4.69) is 43.5 Å². The number of thiophene rings is 1. The van der Waals surface area contributed by atoms with Gasteiger partial charge in [-0.25, -0.2) is 4.79 Å². The molecule has 5 heteroatoms. The van der Waals surface area contributed by atoms with E-state index in [1.807, 2.05) is 0 Å². The third kappa shape index (κ3) is 3.40. The number of hydrogen-bond acceptors (Lipinski definition) is 4. The van der Waals surface area contributed by atoms with Crippen molar-refractivity contribution in [1.82, 2.24) is 5.43 Å². The van der Waals surface area contributed by atoms with Gasteiger partial charge < -0.3 is 5.11 Å². The zero-order valence-electron chi connectivity index (χ0n) is 16.8. The van der Waals surface area contributed by atoms with Crippen molar-refractivity contribution >= 4 is 17.3 Å². The second-order valence-electron chi connectivity index (χ2n) is 9.30. The molecule has 0 saturated heterocycles. The quantitative estimate of drug-likeness (QED) is 0.494. The lowest BCUT2D eigenvalue weighted by Gasteiger charge is -2.29. The van der Waals surface area contributed by atoms with E-state index in [9.17, 15) is 9.90 Å². The van der Waals surface area contributed by atoms with E-state index >= 15 is 0 Å². The summed E-state index contributed by atoms with van der Waals surface area (Å²) in [6.07, 6.45) is 7.73. The van der Waals surface area contributed by atoms with Crippen molar-refractivity contribution in [3.63, 3.8) is 0 Å². The van der Waals surface area contributed by atoms with Gasteiger partial charge in [0, 0.05) is 21.7 Å². The highest BCUT2D eigenvalue weighted by molar-refractivity contribution is 7.16. The van der Waals surface area contributed by atoms with Crippen LogP contribution in [0, 0.1) is 5.41 Å². The molecule has 2 aromatic rings. The van der Waals surface area contributed by atoms with Gasteiger partial charge in [0.05, 0.1) is 5.56 Å². The van der Waals surface area contributed by atoms with Crippen molar-refractivity contribution in [2.45, 2.75) is 64.2 Å². The summed E-state index contributed by atoms with van der Waals surface area (Å²) in [7, 11) is 0. The third-order valence-corrected chi connectivity index (χ3v) is 8.09. The minimum atomic E-state index is -0.797. The molecule has 1 fully saturated rings. The topological polar surface area (TPSA) is 75.3 Å². The summed E-state index contributed by atoms with van der Waals surface area (Å²) in [6.45, 7) is 5.26. The Kier molecular flexibility index (Phi) is 5.10. The van der Waals surface area contributed by atoms with Crippen LogP contribution in [0.15, 0.2) is 24.3 Å². The van der Waals surface area contributed by atoms with E-state index in [0.29, 0.717) is 5.56 Å². The molecule has 4 rings (SSSR count). The summed E-state index contributed by atoms with van der Waals surface area (Å²) in [5.41, 5.74) is 7.09. The summed E-state index contributed by atoms with van der Waals surface area (Å²) < 4.78 is 0. The molecule has 2 aliphatic carbocycles. The predicted molar refractivity (Wildman–Crippen MR) is 115 cm³/mol. The summed E-state index contributed by atoms with van der Waals surface area (Å²) in [5.74, 6) is 4.87. The number of carboxylic acid groups (broad SMARTS) is 1. The number of aryl methyl sites for hydroxylation is 1. The van der Waals surface area contributed by atoms with E-state index in [0.717, 1.165) is 54.7 Å². The first-order chi connectivity index (χ1) is 13.4. The van der Waals surface area contributed by atoms with Crippen LogP contribution in [0.2, 0.25) is 0 Å². The second kappa shape index (κ2) is 7.29. The molecule has 0 aliphatic heterocycles. The fraction of sp³-hybridized carbons (Fsp3) is 0.522. The number of carbonyl (C=O) groups is 1. The fourth-order valence-electron chi connectivity index (χ4n) is 5.14. The molecule has 0 amide bonds. The summed E-state index contributed by atoms with van der Waals surface area (Å²) >= 11 is 1.68. The molecule has 0 radical (unpaired) electrons. The Hall–Kier alpha value is -1.69. The Balaban J connectivity index is 1.72. The lowest BCUT2D eigenvalue weighted by Crippen LogP contribution is -2.39. The van der Waals surface area contributed by atoms with Crippen LogP contribution in [0.25, 0.3) is 10.4 Å². The Morgan fingerprint density at radius 2 is 1.86 bits per heavy atom. The summed E-state index contributed by atoms with van der Waals surface area (Å²) in [6, 6.07) is 8.60. The zero-order valence-corrected chi connectivity index (χ0v) is 17.6. The molecule has 150 valence electrons. The molecule has 4 N–H and O–H groups in total. The molecule has 0 atom stereocenters. The van der Waals surface area contributed by atoms with Gasteiger partial charge in [-0.3, -0.25) is 11.3 Å². The largest absolute Gasteiger partial charge is 0.478 e. The number of benzene rings is 1. The van der Waals surface area contributed by atoms with Gasteiger partial charge in [0.25, 0.3) is 0 Å². The maximum atomic E-state index is 12.1. The molecule has 1 heterocycles. The zero-order chi connectivity index (χ0) is 19.9. The van der Waals surface area contributed by atoms with Crippen molar-refractivity contribution < 1.29 is 9.90 Å². The van der Waals surface area contributed by atoms with Crippen LogP contribution in [-0.4, -0.2) is 17.6 Å². The number of aromatic carboxylic acids is 1. The highest BCUT2D eigenvalue weighted by Gasteiger charge is 2.36. The van der Waals surface area contributed by atoms with Crippen LogP contribution < -0.4 is 11.3 Å². The Labute approximate surface area is 171 Å². The lowest BCUT2D eigenvalue weighted by atomic mass is 9.75. The minimum Gasteiger partial charge on any atom is -0.478 e. The molecule has 1 saturated carbocycles. The summed E-state index contributed by atoms with van der Waals surface area (Å²) in [4.78, 5) is 14.3. The van der Waals surface area contributed by atoms with Gasteiger partial charge in [-0.05, 0) is 54.2 Å². The minimum absolute atomic E-state index is 0.113. The van der Waals surface area contributed by atoms with Crippen LogP contribution in [0.1, 0.15) is 72.3 Å². The summed E-state index contributed by atoms with van der Waals surface area (Å²) in [5, 5.41) is 9.96. The average molecular weight is 399 g/mol. The first kappa shape index (κ1) is 19.6. The van der Waals surface area contributed by atoms with Gasteiger partial charge in [0.15, 0.2) is 0 Å². The van der Waals surface area contributed by atoms with Crippen molar-refractivity contribution in [2.24, 2.45) is 11.3 Å². The van der Waals surface area contributed by atoms with Crippen LogP contribution in [0.4, 0.5) is 0 Å². The van der Waals surface area contributed by atoms with E-state index in [1.165, 1.54) is 23.3 Å². The number of fused-ring (bicyclic) bond motifs is 1. The Morgan fingerprint density at radius 3 is 2.46 bits per heavy atom. The molecule has 28 heavy (non-hydrogen) atoms. The van der Waals surface area contributed by atoms with Gasteiger partial charge in [-0.2, -0.15) is 0 Å². The fourth-order valence-corrected chi connectivity index (χ4v) is 6.45. The van der Waals surface area contributed by atoms with E-state index < -0.39 is 5.97 Å². The molecule has 4 nitrogen and oxygen atoms in total. The number of hydrogen-bond donors (Lipinski definition) is 3. The molecule has 0 bridgehead atoms. The van der Waals surface area contributed by atoms with E-state index in [4.69, 9.17) is 5.84 Å². The van der Waals surface area contributed by atoms with Gasteiger partial charge in [0.1, 0.15) is 0 Å². The van der Waals surface area contributed by atoms with E-state index in [1.54, 1.807) is 11.3 Å². The maximum Gasteiger partial charge on any atom is 0.337 e. The first-order valence-electron chi connectivity index (χ1n) is 10.3. The number of nitrogens with two attached hydrogens (primary N) is 1. The molecular weight excluding hydrogens is 368 g/mol. The van der Waals surface area contributed by atoms with Crippen LogP contribution in [0.3, 0.4) is 0 Å². The smallest absolute Gasteiger partial charge is 0.337 e. The Bertz CT molecular complexity index is 877. The van der Waals surface area contributed by atoms with Crippen molar-refractivity contribution in [3.05, 3.63) is 45.8 Å². The van der Waals surface area contributed by atoms with Gasteiger partial charge in [0.2, 0.25) is 0 Å². The normalized spacial score (nSPS) is 20.1. The second-order valence-corrected chi connectivity index (χ2v) is 10.4. The predicted octanol–water partition coefficient (Wildman–Crippen LogP) is 4.90. The highest BCUT2D eigenvalue weighted by Crippen LogP contribution is 2.46. The number of rotatable bonds is 5. The first-order valence-corrected chi connectivity index (χ1v) is 11.1. The third-order valence-electron chi connectivity index (χ3n) is 6.75. The molecule has 0 spiro atoms. The molecule has 2 aliphatic rings. The Morgan fingerprint density at radius 1 is 1.18 bits per heavy atom. The molecule has 0 unspecified atom stereocenters. The maximum absolute atomic E-state index is 12.1. The number of hydrazine groups is 1. The van der Waals surface area contributed by atoms with Crippen LogP contribution in [0.5, 0.6) is 0 Å². The van der Waals surface area contributed by atoms with Crippen LogP contribution in [-0.2, 0) is 18.3 Å². The molecular formula is C23H30N2O2S. The number of carboxylic acids is 1. The van der Waals surface area contributed by atoms with Gasteiger partial charge in [-0.1, -0.05) is 51.0 Å². The highest BCUT2D eigenvalue weighted by atomic mass is 32.1. The van der Waals surface area contributed by atoms with Gasteiger partial charge >= 0.3 is 5.97 Å². The SMILES string of the molecule is CC1(C)CCc2sc(-c3ccc(C4(CNN)CCCC4)cc3)c(C(=O)O)c2C1. The average Bonchev–Trinajstić information content (AvgIpc) is 3.26. The van der Waals surface area contributed by atoms with Crippen molar-refractivity contribution in [2.75, 3.05) is 6.54 Å². The lowest BCUT2D eigenvalue weighted by molar-refractivity contribution is 0.0696. The number of nitrogens with one attached hydrogen (secondary N) is 1. The van der Waals surface area contributed by atoms with Crippen LogP contribution >= 0.6 is 11.3 Å². The van der Waals surface area contributed by atoms with E-state index in [-0.39, 0.29) is 10.8 Å². The molecule has 1 aromatic heterocycles. The van der Waals surface area contributed by atoms with Crippen molar-refractivity contribution in [1.29, 1.82) is 0 Å². The standard InChI is InChI=1S/C23H30N2O2S/c1-22(2)12-9-18-17(13-22)19(21(26)27)20(28-18)15-5-7-16(8-6-15)23(14-25-24)10-3-4-11-23/h5-8,25H,3-4,9-14,24H2,1-2H3,(H,26,27). The monoisotopic (exact) mass is 398 g/mol. The van der Waals surface area contributed by atoms with Crippen molar-refractivity contribution in [3.8, 4) is 10.4 Å².